The molecule has 5 heteroatoms. The molecule has 0 spiro atoms. The number of aliphatic hydroxyl groups excluding tert-OH is 1. The van der Waals surface area contributed by atoms with E-state index in [1.807, 2.05) is 41.5 Å². The van der Waals surface area contributed by atoms with Crippen molar-refractivity contribution < 1.29 is 24.6 Å². The van der Waals surface area contributed by atoms with Gasteiger partial charge in [0.1, 0.15) is 11.4 Å². The molecule has 0 aromatic heterocycles. The number of hydrogen-bond acceptors (Lipinski definition) is 5. The molecule has 5 nitrogen and oxygen atoms in total. The standard InChI is InChI=1S/C21H36O5/c1-13(2)7-9-16(12-17(22)10-8-14(3)4)20(24)19(21(25)26)18(23)11-15(5)6/h13-16,25-26H,7-12H2,1-6H3/t16-/m0/s1. The van der Waals surface area contributed by atoms with Gasteiger partial charge in [0.2, 0.25) is 0 Å². The molecule has 0 radical (unpaired) electrons. The number of ketones is 3. The summed E-state index contributed by atoms with van der Waals surface area (Å²) in [6.07, 6.45) is 2.44. The monoisotopic (exact) mass is 368 g/mol. The second kappa shape index (κ2) is 11.9. The zero-order chi connectivity index (χ0) is 20.4. The Hall–Kier alpha value is -1.65. The van der Waals surface area contributed by atoms with Gasteiger partial charge in [0.15, 0.2) is 11.6 Å². The van der Waals surface area contributed by atoms with Crippen LogP contribution in [0.15, 0.2) is 11.5 Å². The quantitative estimate of drug-likeness (QED) is 0.208. The van der Waals surface area contributed by atoms with Crippen LogP contribution >= 0.6 is 0 Å². The van der Waals surface area contributed by atoms with Crippen LogP contribution < -0.4 is 0 Å². The van der Waals surface area contributed by atoms with E-state index in [1.165, 1.54) is 0 Å². The van der Waals surface area contributed by atoms with Crippen molar-refractivity contribution in [3.05, 3.63) is 11.5 Å². The van der Waals surface area contributed by atoms with Crippen molar-refractivity contribution in [3.63, 3.8) is 0 Å². The predicted octanol–water partition coefficient (Wildman–Crippen LogP) is 4.95. The summed E-state index contributed by atoms with van der Waals surface area (Å²) in [6, 6.07) is 0. The first kappa shape index (κ1) is 24.4. The van der Waals surface area contributed by atoms with Crippen LogP contribution in [0.25, 0.3) is 0 Å². The molecular weight excluding hydrogens is 332 g/mol. The molecule has 0 fully saturated rings. The van der Waals surface area contributed by atoms with Crippen LogP contribution in [0, 0.1) is 23.7 Å². The fraction of sp³-hybridized carbons (Fsp3) is 0.762. The summed E-state index contributed by atoms with van der Waals surface area (Å²) in [4.78, 5) is 37.4. The average Bonchev–Trinajstić information content (AvgIpc) is 2.47. The minimum Gasteiger partial charge on any atom is -0.480 e. The van der Waals surface area contributed by atoms with Gasteiger partial charge in [0, 0.05) is 25.2 Å². The van der Waals surface area contributed by atoms with Gasteiger partial charge in [-0.2, -0.15) is 0 Å². The first-order valence-corrected chi connectivity index (χ1v) is 9.66. The third-order valence-electron chi connectivity index (χ3n) is 4.28. The molecule has 1 atom stereocenters. The Morgan fingerprint density at radius 1 is 0.731 bits per heavy atom. The third-order valence-corrected chi connectivity index (χ3v) is 4.28. The molecule has 0 aliphatic heterocycles. The van der Waals surface area contributed by atoms with Crippen LogP contribution in [0.3, 0.4) is 0 Å². The fourth-order valence-corrected chi connectivity index (χ4v) is 2.74. The zero-order valence-electron chi connectivity index (χ0n) is 17.2. The number of hydrogen-bond donors (Lipinski definition) is 2. The third kappa shape index (κ3) is 9.73. The molecular formula is C21H36O5. The van der Waals surface area contributed by atoms with Gasteiger partial charge in [0.05, 0.1) is 0 Å². The highest BCUT2D eigenvalue weighted by Gasteiger charge is 2.31. The lowest BCUT2D eigenvalue weighted by Gasteiger charge is -2.18. The first-order valence-electron chi connectivity index (χ1n) is 9.66. The smallest absolute Gasteiger partial charge is 0.289 e. The van der Waals surface area contributed by atoms with Gasteiger partial charge in [-0.3, -0.25) is 14.4 Å². The molecule has 0 heterocycles. The van der Waals surface area contributed by atoms with E-state index in [0.717, 1.165) is 12.8 Å². The Morgan fingerprint density at radius 3 is 1.69 bits per heavy atom. The minimum absolute atomic E-state index is 0.00793. The van der Waals surface area contributed by atoms with Crippen molar-refractivity contribution in [1.29, 1.82) is 0 Å². The molecule has 0 rings (SSSR count). The predicted molar refractivity (Wildman–Crippen MR) is 103 cm³/mol. The summed E-state index contributed by atoms with van der Waals surface area (Å²) in [5.74, 6) is -2.39. The number of Topliss-reactive ketones (excluding diaryl/α,β-unsaturated/α-hetero) is 3. The van der Waals surface area contributed by atoms with Crippen LogP contribution in [-0.4, -0.2) is 27.6 Å². The highest BCUT2D eigenvalue weighted by molar-refractivity contribution is 6.21. The maximum Gasteiger partial charge on any atom is 0.289 e. The average molecular weight is 369 g/mol. The Balaban J connectivity index is 5.36. The lowest BCUT2D eigenvalue weighted by molar-refractivity contribution is -0.129. The largest absolute Gasteiger partial charge is 0.480 e. The summed E-state index contributed by atoms with van der Waals surface area (Å²) in [5.41, 5.74) is -0.552. The van der Waals surface area contributed by atoms with Crippen molar-refractivity contribution in [2.45, 2.75) is 80.1 Å². The molecule has 0 amide bonds. The second-order valence-electron chi connectivity index (χ2n) is 8.43. The molecule has 0 aliphatic rings. The van der Waals surface area contributed by atoms with Gasteiger partial charge in [-0.05, 0) is 30.6 Å². The van der Waals surface area contributed by atoms with E-state index < -0.39 is 29.0 Å². The molecule has 150 valence electrons. The lowest BCUT2D eigenvalue weighted by Crippen LogP contribution is -2.26. The Labute approximate surface area is 157 Å². The first-order chi connectivity index (χ1) is 12.0. The number of carbonyl (C=O) groups excluding carboxylic acids is 3. The van der Waals surface area contributed by atoms with E-state index in [2.05, 4.69) is 0 Å². The van der Waals surface area contributed by atoms with E-state index in [0.29, 0.717) is 24.7 Å². The SMILES string of the molecule is CC(C)CCC(=O)C[C@H](CCC(C)C)C(=O)C(C(=O)CC(C)C)=C(O)O. The summed E-state index contributed by atoms with van der Waals surface area (Å²) in [7, 11) is 0. The van der Waals surface area contributed by atoms with E-state index >= 15 is 0 Å². The van der Waals surface area contributed by atoms with Crippen molar-refractivity contribution >= 4 is 17.3 Å². The van der Waals surface area contributed by atoms with Crippen molar-refractivity contribution in [2.24, 2.45) is 23.7 Å². The lowest BCUT2D eigenvalue weighted by atomic mass is 9.84. The minimum atomic E-state index is -1.23. The van der Waals surface area contributed by atoms with Crippen LogP contribution in [0.1, 0.15) is 80.1 Å². The number of rotatable bonds is 13. The maximum absolute atomic E-state index is 12.8. The van der Waals surface area contributed by atoms with E-state index in [1.54, 1.807) is 0 Å². The molecule has 0 aromatic carbocycles. The normalized spacial score (nSPS) is 12.5. The summed E-state index contributed by atoms with van der Waals surface area (Å²) in [5, 5.41) is 19.0. The van der Waals surface area contributed by atoms with Gasteiger partial charge in [-0.25, -0.2) is 0 Å². The second-order valence-corrected chi connectivity index (χ2v) is 8.43. The molecule has 26 heavy (non-hydrogen) atoms. The summed E-state index contributed by atoms with van der Waals surface area (Å²) < 4.78 is 0. The Kier molecular flexibility index (Phi) is 11.1. The highest BCUT2D eigenvalue weighted by atomic mass is 16.5. The molecule has 0 saturated heterocycles. The summed E-state index contributed by atoms with van der Waals surface area (Å²) >= 11 is 0. The molecule has 0 aliphatic carbocycles. The van der Waals surface area contributed by atoms with E-state index in [-0.39, 0.29) is 24.5 Å². The topological polar surface area (TPSA) is 91.7 Å². The van der Waals surface area contributed by atoms with Crippen molar-refractivity contribution in [3.8, 4) is 0 Å². The van der Waals surface area contributed by atoms with E-state index in [9.17, 15) is 24.6 Å². The zero-order valence-corrected chi connectivity index (χ0v) is 17.2. The number of allylic oxidation sites excluding steroid dienone is 1. The van der Waals surface area contributed by atoms with Gasteiger partial charge in [-0.15, -0.1) is 0 Å². The van der Waals surface area contributed by atoms with Crippen LogP contribution in [0.4, 0.5) is 0 Å². The Bertz CT molecular complexity index is 510. The van der Waals surface area contributed by atoms with Crippen LogP contribution in [0.2, 0.25) is 0 Å². The molecule has 0 aromatic rings. The molecule has 0 unspecified atom stereocenters. The fourth-order valence-electron chi connectivity index (χ4n) is 2.74. The van der Waals surface area contributed by atoms with Crippen LogP contribution in [-0.2, 0) is 14.4 Å². The van der Waals surface area contributed by atoms with Gasteiger partial charge in [0.25, 0.3) is 5.95 Å². The molecule has 0 bridgehead atoms. The highest BCUT2D eigenvalue weighted by Crippen LogP contribution is 2.24. The summed E-state index contributed by atoms with van der Waals surface area (Å²) in [6.45, 7) is 11.7. The Morgan fingerprint density at radius 2 is 1.27 bits per heavy atom. The van der Waals surface area contributed by atoms with Gasteiger partial charge in [-0.1, -0.05) is 48.0 Å². The van der Waals surface area contributed by atoms with Crippen molar-refractivity contribution in [1.82, 2.24) is 0 Å². The number of carbonyl (C=O) groups is 3. The van der Waals surface area contributed by atoms with Gasteiger partial charge < -0.3 is 10.2 Å². The van der Waals surface area contributed by atoms with E-state index in [4.69, 9.17) is 0 Å². The van der Waals surface area contributed by atoms with Crippen LogP contribution in [0.5, 0.6) is 0 Å². The van der Waals surface area contributed by atoms with Gasteiger partial charge >= 0.3 is 0 Å². The number of aliphatic hydroxyl groups is 2. The molecule has 2 N–H and O–H groups in total. The molecule has 0 saturated carbocycles. The van der Waals surface area contributed by atoms with Crippen molar-refractivity contribution in [2.75, 3.05) is 0 Å². The maximum atomic E-state index is 12.8.